The second-order valence-corrected chi connectivity index (χ2v) is 7.89. The van der Waals surface area contributed by atoms with Gasteiger partial charge in [-0.05, 0) is 44.0 Å². The molecule has 0 spiro atoms. The highest BCUT2D eigenvalue weighted by Gasteiger charge is 2.42. The first-order chi connectivity index (χ1) is 11.8. The van der Waals surface area contributed by atoms with Gasteiger partial charge in [0.15, 0.2) is 0 Å². The van der Waals surface area contributed by atoms with Crippen LogP contribution in [0.3, 0.4) is 0 Å². The van der Waals surface area contributed by atoms with E-state index in [0.29, 0.717) is 24.9 Å². The normalized spacial score (nSPS) is 16.9. The second-order valence-electron chi connectivity index (χ2n) is 6.21. The molecule has 0 aliphatic heterocycles. The Balaban J connectivity index is 2.27. The van der Waals surface area contributed by atoms with E-state index in [2.05, 4.69) is 15.4 Å². The van der Waals surface area contributed by atoms with Crippen molar-refractivity contribution in [1.82, 2.24) is 15.4 Å². The summed E-state index contributed by atoms with van der Waals surface area (Å²) in [6, 6.07) is 5.66. The maximum absolute atomic E-state index is 12.8. The molecule has 2 amide bonds. The molecule has 1 saturated carbocycles. The number of nitrogens with one attached hydrogen (secondary N) is 3. The van der Waals surface area contributed by atoms with Crippen LogP contribution in [0.25, 0.3) is 0 Å². The van der Waals surface area contributed by atoms with Crippen LogP contribution in [-0.2, 0) is 14.8 Å². The molecular formula is C17H25N3O4S. The smallest absolute Gasteiger partial charge is 0.251 e. The lowest BCUT2D eigenvalue weighted by Gasteiger charge is -2.36. The lowest BCUT2D eigenvalue weighted by molar-refractivity contribution is -0.128. The lowest BCUT2D eigenvalue weighted by Crippen LogP contribution is -2.59. The van der Waals surface area contributed by atoms with E-state index in [0.717, 1.165) is 19.3 Å². The summed E-state index contributed by atoms with van der Waals surface area (Å²) in [5, 5.41) is 5.23. The van der Waals surface area contributed by atoms with E-state index in [4.69, 9.17) is 0 Å². The number of carbonyl (C=O) groups excluding carboxylic acids is 2. The lowest BCUT2D eigenvalue weighted by atomic mass is 9.82. The molecule has 1 fully saturated rings. The van der Waals surface area contributed by atoms with Crippen LogP contribution in [0, 0.1) is 0 Å². The molecule has 0 unspecified atom stereocenters. The van der Waals surface area contributed by atoms with Crippen LogP contribution in [-0.4, -0.2) is 39.4 Å². The molecule has 0 heterocycles. The fourth-order valence-corrected chi connectivity index (χ4v) is 4.53. The number of likely N-dealkylation sites (N-methyl/N-ethyl adjacent to an activating group) is 1. The summed E-state index contributed by atoms with van der Waals surface area (Å²) in [6.45, 7) is 2.25. The topological polar surface area (TPSA) is 104 Å². The van der Waals surface area contributed by atoms with E-state index < -0.39 is 15.6 Å². The Kier molecular flexibility index (Phi) is 6.18. The molecule has 3 N–H and O–H groups in total. The average Bonchev–Trinajstić information content (AvgIpc) is 2.61. The number of carbonyl (C=O) groups is 2. The largest absolute Gasteiger partial charge is 0.355 e. The van der Waals surface area contributed by atoms with Gasteiger partial charge in [-0.1, -0.05) is 19.3 Å². The van der Waals surface area contributed by atoms with Crippen molar-refractivity contribution in [2.24, 2.45) is 0 Å². The van der Waals surface area contributed by atoms with Crippen LogP contribution >= 0.6 is 0 Å². The summed E-state index contributed by atoms with van der Waals surface area (Å²) >= 11 is 0. The van der Waals surface area contributed by atoms with Crippen molar-refractivity contribution in [3.8, 4) is 0 Å². The minimum atomic E-state index is -3.87. The summed E-state index contributed by atoms with van der Waals surface area (Å²) in [4.78, 5) is 24.1. The molecule has 0 saturated heterocycles. The first-order valence-corrected chi connectivity index (χ1v) is 9.97. The zero-order valence-electron chi connectivity index (χ0n) is 14.6. The van der Waals surface area contributed by atoms with Crippen molar-refractivity contribution in [2.75, 3.05) is 13.6 Å². The Morgan fingerprint density at radius 2 is 1.68 bits per heavy atom. The first-order valence-electron chi connectivity index (χ1n) is 8.49. The fraction of sp³-hybridized carbons (Fsp3) is 0.529. The van der Waals surface area contributed by atoms with Gasteiger partial charge in [-0.2, -0.15) is 4.72 Å². The van der Waals surface area contributed by atoms with Gasteiger partial charge in [0.2, 0.25) is 15.9 Å². The molecule has 0 bridgehead atoms. The number of benzene rings is 1. The molecule has 1 aliphatic carbocycles. The van der Waals surface area contributed by atoms with Gasteiger partial charge in [-0.15, -0.1) is 0 Å². The molecule has 0 radical (unpaired) electrons. The van der Waals surface area contributed by atoms with Gasteiger partial charge in [-0.25, -0.2) is 8.42 Å². The zero-order valence-corrected chi connectivity index (χ0v) is 15.4. The highest BCUT2D eigenvalue weighted by molar-refractivity contribution is 7.89. The summed E-state index contributed by atoms with van der Waals surface area (Å²) < 4.78 is 28.2. The van der Waals surface area contributed by atoms with E-state index in [1.807, 2.05) is 0 Å². The third-order valence-electron chi connectivity index (χ3n) is 4.46. The Labute approximate surface area is 148 Å². The maximum atomic E-state index is 12.8. The van der Waals surface area contributed by atoms with Gasteiger partial charge in [-0.3, -0.25) is 9.59 Å². The molecule has 138 valence electrons. The molecule has 0 aromatic heterocycles. The van der Waals surface area contributed by atoms with Crippen LogP contribution in [0.5, 0.6) is 0 Å². The molecular weight excluding hydrogens is 342 g/mol. The number of rotatable bonds is 6. The molecule has 8 heteroatoms. The summed E-state index contributed by atoms with van der Waals surface area (Å²) in [6.07, 6.45) is 3.55. The Morgan fingerprint density at radius 3 is 2.20 bits per heavy atom. The van der Waals surface area contributed by atoms with Crippen LogP contribution in [0.4, 0.5) is 0 Å². The van der Waals surface area contributed by atoms with Crippen molar-refractivity contribution in [1.29, 1.82) is 0 Å². The summed E-state index contributed by atoms with van der Waals surface area (Å²) in [7, 11) is -2.37. The molecule has 25 heavy (non-hydrogen) atoms. The second kappa shape index (κ2) is 7.97. The monoisotopic (exact) mass is 367 g/mol. The van der Waals surface area contributed by atoms with Crippen molar-refractivity contribution in [2.45, 2.75) is 49.5 Å². The Hall–Kier alpha value is -1.93. The van der Waals surface area contributed by atoms with Gasteiger partial charge in [0, 0.05) is 19.2 Å². The van der Waals surface area contributed by atoms with Crippen LogP contribution < -0.4 is 15.4 Å². The number of amides is 2. The Morgan fingerprint density at radius 1 is 1.08 bits per heavy atom. The molecule has 0 atom stereocenters. The third kappa shape index (κ3) is 4.38. The zero-order chi connectivity index (χ0) is 18.5. The van der Waals surface area contributed by atoms with Crippen molar-refractivity contribution in [3.05, 3.63) is 29.8 Å². The molecule has 2 rings (SSSR count). The SMILES string of the molecule is CCNC(=O)C1(NS(=O)(=O)c2ccc(C(=O)NC)cc2)CCCCC1. The quantitative estimate of drug-likeness (QED) is 0.702. The van der Waals surface area contributed by atoms with Crippen LogP contribution in [0.1, 0.15) is 49.4 Å². The predicted molar refractivity (Wildman–Crippen MR) is 94.7 cm³/mol. The minimum absolute atomic E-state index is 0.0365. The highest BCUT2D eigenvalue weighted by atomic mass is 32.2. The van der Waals surface area contributed by atoms with E-state index in [1.54, 1.807) is 6.92 Å². The van der Waals surface area contributed by atoms with E-state index in [1.165, 1.54) is 31.3 Å². The van der Waals surface area contributed by atoms with Gasteiger partial charge in [0.1, 0.15) is 5.54 Å². The maximum Gasteiger partial charge on any atom is 0.251 e. The molecule has 1 aromatic rings. The van der Waals surface area contributed by atoms with E-state index >= 15 is 0 Å². The Bertz CT molecular complexity index is 723. The number of sulfonamides is 1. The molecule has 1 aliphatic rings. The van der Waals surface area contributed by atoms with Crippen LogP contribution in [0.2, 0.25) is 0 Å². The fourth-order valence-electron chi connectivity index (χ4n) is 3.11. The van der Waals surface area contributed by atoms with Gasteiger partial charge in [0.25, 0.3) is 5.91 Å². The average molecular weight is 367 g/mol. The van der Waals surface area contributed by atoms with Gasteiger partial charge in [0.05, 0.1) is 4.90 Å². The molecule has 1 aromatic carbocycles. The summed E-state index contributed by atoms with van der Waals surface area (Å²) in [5.74, 6) is -0.566. The van der Waals surface area contributed by atoms with E-state index in [-0.39, 0.29) is 16.7 Å². The van der Waals surface area contributed by atoms with Gasteiger partial charge >= 0.3 is 0 Å². The first kappa shape index (κ1) is 19.4. The number of hydrogen-bond donors (Lipinski definition) is 3. The summed E-state index contributed by atoms with van der Waals surface area (Å²) in [5.41, 5.74) is -0.732. The predicted octanol–water partition coefficient (Wildman–Crippen LogP) is 1.16. The number of hydrogen-bond acceptors (Lipinski definition) is 4. The standard InChI is InChI=1S/C17H25N3O4S/c1-3-19-16(22)17(11-5-4-6-12-17)20-25(23,24)14-9-7-13(8-10-14)15(21)18-2/h7-10,20H,3-6,11-12H2,1-2H3,(H,18,21)(H,19,22). The minimum Gasteiger partial charge on any atom is -0.355 e. The third-order valence-corrected chi connectivity index (χ3v) is 6.01. The van der Waals surface area contributed by atoms with E-state index in [9.17, 15) is 18.0 Å². The van der Waals surface area contributed by atoms with Crippen LogP contribution in [0.15, 0.2) is 29.2 Å². The van der Waals surface area contributed by atoms with Crippen molar-refractivity contribution in [3.63, 3.8) is 0 Å². The molecule has 7 nitrogen and oxygen atoms in total. The van der Waals surface area contributed by atoms with Crippen molar-refractivity contribution >= 4 is 21.8 Å². The van der Waals surface area contributed by atoms with Gasteiger partial charge < -0.3 is 10.6 Å². The highest BCUT2D eigenvalue weighted by Crippen LogP contribution is 2.30. The van der Waals surface area contributed by atoms with Crippen molar-refractivity contribution < 1.29 is 18.0 Å².